The van der Waals surface area contributed by atoms with Gasteiger partial charge >= 0.3 is 7.55 Å². The van der Waals surface area contributed by atoms with Crippen molar-refractivity contribution < 1.29 is 0 Å². The SMILES string of the molecule is [B](NC1CN=N1)NC1N=N1. The lowest BCUT2D eigenvalue weighted by Gasteiger charge is -2.15. The van der Waals surface area contributed by atoms with E-state index >= 15 is 0 Å². The normalized spacial score (nSPS) is 28.2. The van der Waals surface area contributed by atoms with Gasteiger partial charge in [-0.15, -0.1) is 10.2 Å². The third kappa shape index (κ3) is 1.37. The molecule has 1 unspecified atom stereocenters. The first-order valence-corrected chi connectivity index (χ1v) is 3.05. The van der Waals surface area contributed by atoms with E-state index in [9.17, 15) is 0 Å². The molecule has 51 valence electrons. The van der Waals surface area contributed by atoms with E-state index in [-0.39, 0.29) is 12.5 Å². The van der Waals surface area contributed by atoms with Gasteiger partial charge in [0.1, 0.15) is 6.17 Å². The van der Waals surface area contributed by atoms with Crippen LogP contribution >= 0.6 is 0 Å². The van der Waals surface area contributed by atoms with E-state index in [2.05, 4.69) is 30.9 Å². The fourth-order valence-electron chi connectivity index (χ4n) is 0.568. The van der Waals surface area contributed by atoms with Gasteiger partial charge in [0.2, 0.25) is 6.29 Å². The summed E-state index contributed by atoms with van der Waals surface area (Å²) in [6, 6.07) is 0. The maximum absolute atomic E-state index is 3.77. The lowest BCUT2D eigenvalue weighted by molar-refractivity contribution is 0.513. The average Bonchev–Trinajstić information content (AvgIpc) is 2.58. The molecule has 2 rings (SSSR count). The van der Waals surface area contributed by atoms with Crippen molar-refractivity contribution in [1.29, 1.82) is 0 Å². The van der Waals surface area contributed by atoms with Crippen molar-refractivity contribution >= 4 is 7.55 Å². The van der Waals surface area contributed by atoms with Gasteiger partial charge in [-0.05, 0) is 0 Å². The molecule has 1 radical (unpaired) electrons. The largest absolute Gasteiger partial charge is 0.322 e. The summed E-state index contributed by atoms with van der Waals surface area (Å²) in [5.41, 5.74) is 0. The van der Waals surface area contributed by atoms with Gasteiger partial charge in [-0.1, -0.05) is 0 Å². The molecule has 0 saturated carbocycles. The molecule has 0 amide bonds. The van der Waals surface area contributed by atoms with Gasteiger partial charge < -0.3 is 10.5 Å². The van der Waals surface area contributed by atoms with Crippen LogP contribution in [0.15, 0.2) is 20.5 Å². The quantitative estimate of drug-likeness (QED) is 0.499. The fourth-order valence-corrected chi connectivity index (χ4v) is 0.568. The van der Waals surface area contributed by atoms with Gasteiger partial charge in [0, 0.05) is 0 Å². The third-order valence-electron chi connectivity index (χ3n) is 1.21. The Morgan fingerprint density at radius 3 is 2.50 bits per heavy atom. The molecule has 2 heterocycles. The Morgan fingerprint density at radius 2 is 2.00 bits per heavy atom. The van der Waals surface area contributed by atoms with E-state index in [1.54, 1.807) is 7.55 Å². The molecule has 2 aliphatic heterocycles. The topological polar surface area (TPSA) is 73.5 Å². The number of azo groups is 1. The molecular formula is C3H6BN6. The Labute approximate surface area is 58.5 Å². The summed E-state index contributed by atoms with van der Waals surface area (Å²) in [4.78, 5) is 0. The van der Waals surface area contributed by atoms with Crippen molar-refractivity contribution in [1.82, 2.24) is 10.5 Å². The van der Waals surface area contributed by atoms with E-state index in [0.717, 1.165) is 6.54 Å². The molecule has 6 nitrogen and oxygen atoms in total. The average molecular weight is 137 g/mol. The molecule has 0 bridgehead atoms. The highest BCUT2D eigenvalue weighted by molar-refractivity contribution is 6.29. The van der Waals surface area contributed by atoms with Crippen LogP contribution in [-0.2, 0) is 0 Å². The summed E-state index contributed by atoms with van der Waals surface area (Å²) in [7, 11) is 1.70. The van der Waals surface area contributed by atoms with Crippen LogP contribution in [0.25, 0.3) is 0 Å². The highest BCUT2D eigenvalue weighted by Gasteiger charge is 2.17. The summed E-state index contributed by atoms with van der Waals surface area (Å²) < 4.78 is 0. The van der Waals surface area contributed by atoms with Crippen molar-refractivity contribution in [2.24, 2.45) is 20.5 Å². The van der Waals surface area contributed by atoms with E-state index < -0.39 is 0 Å². The lowest BCUT2D eigenvalue weighted by Crippen LogP contribution is -2.44. The van der Waals surface area contributed by atoms with Crippen LogP contribution in [-0.4, -0.2) is 26.5 Å². The number of hydrogen-bond acceptors (Lipinski definition) is 6. The summed E-state index contributed by atoms with van der Waals surface area (Å²) in [5.74, 6) is 0. The zero-order chi connectivity index (χ0) is 6.81. The Hall–Kier alpha value is -0.815. The van der Waals surface area contributed by atoms with Gasteiger partial charge in [-0.3, -0.25) is 0 Å². The Kier molecular flexibility index (Phi) is 1.44. The minimum atomic E-state index is -0.0236. The van der Waals surface area contributed by atoms with Crippen LogP contribution in [0.5, 0.6) is 0 Å². The Balaban J connectivity index is 1.51. The molecule has 0 spiro atoms. The minimum Gasteiger partial charge on any atom is -0.322 e. The maximum Gasteiger partial charge on any atom is 0.312 e. The van der Waals surface area contributed by atoms with E-state index in [1.165, 1.54) is 0 Å². The van der Waals surface area contributed by atoms with Gasteiger partial charge in [0.05, 0.1) is 6.54 Å². The highest BCUT2D eigenvalue weighted by atomic mass is 15.5. The van der Waals surface area contributed by atoms with Crippen LogP contribution in [0.1, 0.15) is 0 Å². The molecule has 2 aliphatic rings. The monoisotopic (exact) mass is 137 g/mol. The summed E-state index contributed by atoms with van der Waals surface area (Å²) in [6.45, 7) is 0.761. The van der Waals surface area contributed by atoms with Crippen molar-refractivity contribution in [2.45, 2.75) is 12.5 Å². The molecule has 1 atom stereocenters. The van der Waals surface area contributed by atoms with Crippen molar-refractivity contribution in [3.8, 4) is 0 Å². The predicted octanol–water partition coefficient (Wildman–Crippen LogP) is -0.759. The molecule has 0 aromatic carbocycles. The van der Waals surface area contributed by atoms with Crippen LogP contribution in [0.4, 0.5) is 0 Å². The molecule has 0 saturated heterocycles. The minimum absolute atomic E-state index is 0.0236. The number of rotatable bonds is 4. The number of nitrogens with zero attached hydrogens (tertiary/aromatic N) is 4. The first-order chi connectivity index (χ1) is 4.95. The molecule has 2 N–H and O–H groups in total. The molecule has 0 aromatic rings. The Bertz CT molecular complexity index is 172. The second kappa shape index (κ2) is 2.43. The van der Waals surface area contributed by atoms with Crippen LogP contribution in [0.3, 0.4) is 0 Å². The van der Waals surface area contributed by atoms with Gasteiger partial charge in [-0.25, -0.2) is 0 Å². The second-order valence-corrected chi connectivity index (χ2v) is 2.04. The zero-order valence-corrected chi connectivity index (χ0v) is 5.23. The fraction of sp³-hybridized carbons (Fsp3) is 1.00. The van der Waals surface area contributed by atoms with E-state index in [1.807, 2.05) is 0 Å². The van der Waals surface area contributed by atoms with Crippen molar-refractivity contribution in [3.63, 3.8) is 0 Å². The summed E-state index contributed by atoms with van der Waals surface area (Å²) in [5, 5.41) is 20.6. The molecule has 10 heavy (non-hydrogen) atoms. The number of hydrogen-bond donors (Lipinski definition) is 2. The van der Waals surface area contributed by atoms with Crippen molar-refractivity contribution in [2.75, 3.05) is 6.54 Å². The van der Waals surface area contributed by atoms with Crippen molar-refractivity contribution in [3.05, 3.63) is 0 Å². The maximum atomic E-state index is 3.77. The first kappa shape index (κ1) is 5.93. The van der Waals surface area contributed by atoms with Crippen LogP contribution < -0.4 is 10.5 Å². The Morgan fingerprint density at radius 1 is 1.20 bits per heavy atom. The predicted molar refractivity (Wildman–Crippen MR) is 34.2 cm³/mol. The third-order valence-corrected chi connectivity index (χ3v) is 1.21. The molecule has 0 aliphatic carbocycles. The van der Waals surface area contributed by atoms with Crippen LogP contribution in [0, 0.1) is 0 Å². The highest BCUT2D eigenvalue weighted by Crippen LogP contribution is 2.03. The molecule has 0 aromatic heterocycles. The van der Waals surface area contributed by atoms with Gasteiger partial charge in [-0.2, -0.15) is 10.2 Å². The molecular weight excluding hydrogens is 131 g/mol. The van der Waals surface area contributed by atoms with Crippen LogP contribution in [0.2, 0.25) is 0 Å². The second-order valence-electron chi connectivity index (χ2n) is 2.04. The molecule has 7 heteroatoms. The van der Waals surface area contributed by atoms with Gasteiger partial charge in [0.15, 0.2) is 0 Å². The summed E-state index contributed by atoms with van der Waals surface area (Å²) >= 11 is 0. The zero-order valence-electron chi connectivity index (χ0n) is 5.23. The summed E-state index contributed by atoms with van der Waals surface area (Å²) in [6.07, 6.45) is 0.135. The van der Waals surface area contributed by atoms with E-state index in [4.69, 9.17) is 0 Å². The standard InChI is InChI=1S/C3H6BN6/c1-2(8-5-1)6-4-7-3-9-10-3/h2-3,6-7H,1H2. The number of nitrogens with one attached hydrogen (secondary N) is 2. The smallest absolute Gasteiger partial charge is 0.312 e. The lowest BCUT2D eigenvalue weighted by atomic mass is 10.1. The van der Waals surface area contributed by atoms with Gasteiger partial charge in [0.25, 0.3) is 0 Å². The van der Waals surface area contributed by atoms with E-state index in [0.29, 0.717) is 0 Å². The first-order valence-electron chi connectivity index (χ1n) is 3.05. The molecule has 0 fully saturated rings.